The summed E-state index contributed by atoms with van der Waals surface area (Å²) in [4.78, 5) is 0. The monoisotopic (exact) mass is 299 g/mol. The summed E-state index contributed by atoms with van der Waals surface area (Å²) in [6.45, 7) is 0.326. The van der Waals surface area contributed by atoms with Crippen molar-refractivity contribution in [3.05, 3.63) is 63.4 Å². The summed E-state index contributed by atoms with van der Waals surface area (Å²) < 4.78 is 19.3. The number of benzene rings is 2. The molecule has 2 rings (SSSR count). The van der Waals surface area contributed by atoms with Crippen LogP contribution in [0.2, 0.25) is 10.0 Å². The Kier molecular flexibility index (Phi) is 4.64. The Balaban J connectivity index is 2.19. The molecule has 0 atom stereocenters. The fourth-order valence-electron chi connectivity index (χ4n) is 1.69. The molecule has 0 aliphatic carbocycles. The van der Waals surface area contributed by atoms with Crippen LogP contribution in [0.4, 0.5) is 4.39 Å². The number of hydrogen-bond donors (Lipinski definition) is 1. The van der Waals surface area contributed by atoms with Crippen LogP contribution in [0.15, 0.2) is 36.4 Å². The molecule has 2 nitrogen and oxygen atoms in total. The lowest BCUT2D eigenvalue weighted by molar-refractivity contribution is 0.297. The van der Waals surface area contributed by atoms with Crippen molar-refractivity contribution in [2.45, 2.75) is 13.2 Å². The highest BCUT2D eigenvalue weighted by molar-refractivity contribution is 6.31. The van der Waals surface area contributed by atoms with Gasteiger partial charge < -0.3 is 10.5 Å². The molecule has 0 aliphatic rings. The second-order valence-electron chi connectivity index (χ2n) is 3.92. The molecule has 19 heavy (non-hydrogen) atoms. The Labute approximate surface area is 120 Å². The van der Waals surface area contributed by atoms with Gasteiger partial charge in [-0.2, -0.15) is 0 Å². The fraction of sp³-hybridized carbons (Fsp3) is 0.143. The third kappa shape index (κ3) is 3.18. The normalized spacial score (nSPS) is 10.5. The molecule has 0 spiro atoms. The van der Waals surface area contributed by atoms with Gasteiger partial charge in [-0.3, -0.25) is 0 Å². The zero-order valence-corrected chi connectivity index (χ0v) is 11.5. The molecule has 2 aromatic carbocycles. The van der Waals surface area contributed by atoms with Crippen molar-refractivity contribution in [2.75, 3.05) is 0 Å². The highest BCUT2D eigenvalue weighted by atomic mass is 35.5. The van der Waals surface area contributed by atoms with Crippen LogP contribution in [-0.4, -0.2) is 0 Å². The molecule has 2 aromatic rings. The largest absolute Gasteiger partial charge is 0.488 e. The van der Waals surface area contributed by atoms with Crippen molar-refractivity contribution in [1.29, 1.82) is 0 Å². The smallest absolute Gasteiger partial charge is 0.148 e. The van der Waals surface area contributed by atoms with Crippen LogP contribution in [0, 0.1) is 5.82 Å². The third-order valence-corrected chi connectivity index (χ3v) is 3.34. The van der Waals surface area contributed by atoms with Gasteiger partial charge >= 0.3 is 0 Å². The molecule has 0 aromatic heterocycles. The molecule has 0 heterocycles. The third-order valence-electron chi connectivity index (χ3n) is 2.69. The van der Waals surface area contributed by atoms with Crippen LogP contribution in [0.3, 0.4) is 0 Å². The molecule has 0 radical (unpaired) electrons. The quantitative estimate of drug-likeness (QED) is 0.919. The first kappa shape index (κ1) is 14.1. The van der Waals surface area contributed by atoms with Crippen molar-refractivity contribution in [2.24, 2.45) is 5.73 Å². The van der Waals surface area contributed by atoms with Crippen molar-refractivity contribution in [1.82, 2.24) is 0 Å². The van der Waals surface area contributed by atoms with Gasteiger partial charge in [0.05, 0.1) is 5.02 Å². The Morgan fingerprint density at radius 3 is 2.47 bits per heavy atom. The first-order valence-electron chi connectivity index (χ1n) is 5.66. The first-order chi connectivity index (χ1) is 9.13. The molecule has 0 aliphatic heterocycles. The average molecular weight is 300 g/mol. The minimum absolute atomic E-state index is 0.0692. The molecule has 2 N–H and O–H groups in total. The fourth-order valence-corrected chi connectivity index (χ4v) is 2.12. The Bertz CT molecular complexity index is 590. The molecular weight excluding hydrogens is 288 g/mol. The number of rotatable bonds is 4. The lowest BCUT2D eigenvalue weighted by Gasteiger charge is -2.12. The van der Waals surface area contributed by atoms with Crippen LogP contribution in [-0.2, 0) is 13.2 Å². The van der Waals surface area contributed by atoms with E-state index in [1.165, 1.54) is 6.07 Å². The van der Waals surface area contributed by atoms with Crippen LogP contribution >= 0.6 is 23.2 Å². The Morgan fingerprint density at radius 2 is 1.74 bits per heavy atom. The van der Waals surface area contributed by atoms with Crippen LogP contribution in [0.5, 0.6) is 5.75 Å². The van der Waals surface area contributed by atoms with E-state index in [9.17, 15) is 4.39 Å². The highest BCUT2D eigenvalue weighted by Crippen LogP contribution is 2.27. The van der Waals surface area contributed by atoms with Gasteiger partial charge in [0, 0.05) is 22.7 Å². The number of halogens is 3. The molecule has 0 saturated carbocycles. The van der Waals surface area contributed by atoms with E-state index in [1.807, 2.05) is 0 Å². The van der Waals surface area contributed by atoms with Crippen LogP contribution in [0.25, 0.3) is 0 Å². The summed E-state index contributed by atoms with van der Waals surface area (Å²) in [5.74, 6) is 0.0786. The SMILES string of the molecule is NCc1c(Cl)cccc1OCc1cccc(Cl)c1F. The number of nitrogens with two attached hydrogens (primary N) is 1. The second-order valence-corrected chi connectivity index (χ2v) is 4.74. The van der Waals surface area contributed by atoms with Gasteiger partial charge in [0.1, 0.15) is 18.2 Å². The zero-order chi connectivity index (χ0) is 13.8. The lowest BCUT2D eigenvalue weighted by atomic mass is 10.2. The molecule has 0 amide bonds. The number of hydrogen-bond acceptors (Lipinski definition) is 2. The van der Waals surface area contributed by atoms with Gasteiger partial charge in [-0.15, -0.1) is 0 Å². The first-order valence-corrected chi connectivity index (χ1v) is 6.42. The van der Waals surface area contributed by atoms with Gasteiger partial charge in [0.25, 0.3) is 0 Å². The average Bonchev–Trinajstić information content (AvgIpc) is 2.40. The summed E-state index contributed by atoms with van der Waals surface area (Å²) in [6.07, 6.45) is 0. The Hall–Kier alpha value is -1.29. The van der Waals surface area contributed by atoms with E-state index in [0.717, 1.165) is 0 Å². The van der Waals surface area contributed by atoms with E-state index in [1.54, 1.807) is 30.3 Å². The van der Waals surface area contributed by atoms with Gasteiger partial charge in [-0.05, 0) is 18.2 Å². The molecule has 0 saturated heterocycles. The summed E-state index contributed by atoms with van der Waals surface area (Å²) >= 11 is 11.7. The highest BCUT2D eigenvalue weighted by Gasteiger charge is 2.10. The maximum Gasteiger partial charge on any atom is 0.148 e. The maximum atomic E-state index is 13.7. The summed E-state index contributed by atoms with van der Waals surface area (Å²) in [6, 6.07) is 10.0. The van der Waals surface area contributed by atoms with Crippen molar-refractivity contribution in [3.63, 3.8) is 0 Å². The van der Waals surface area contributed by atoms with E-state index < -0.39 is 5.82 Å². The predicted molar refractivity (Wildman–Crippen MR) is 75.1 cm³/mol. The van der Waals surface area contributed by atoms with Gasteiger partial charge in [0.2, 0.25) is 0 Å². The van der Waals surface area contributed by atoms with Gasteiger partial charge in [-0.25, -0.2) is 4.39 Å². The van der Waals surface area contributed by atoms with E-state index in [-0.39, 0.29) is 18.2 Å². The Morgan fingerprint density at radius 1 is 1.05 bits per heavy atom. The van der Waals surface area contributed by atoms with Gasteiger partial charge in [0.15, 0.2) is 0 Å². The van der Waals surface area contributed by atoms with E-state index in [4.69, 9.17) is 33.7 Å². The van der Waals surface area contributed by atoms with E-state index >= 15 is 0 Å². The molecule has 100 valence electrons. The zero-order valence-electron chi connectivity index (χ0n) is 10.00. The van der Waals surface area contributed by atoms with E-state index in [2.05, 4.69) is 0 Å². The predicted octanol–water partition coefficient (Wildman–Crippen LogP) is 4.17. The minimum Gasteiger partial charge on any atom is -0.488 e. The molecule has 5 heteroatoms. The molecular formula is C14H12Cl2FNO. The second kappa shape index (κ2) is 6.24. The van der Waals surface area contributed by atoms with Gasteiger partial charge in [-0.1, -0.05) is 41.4 Å². The van der Waals surface area contributed by atoms with E-state index in [0.29, 0.717) is 21.9 Å². The van der Waals surface area contributed by atoms with Crippen molar-refractivity contribution < 1.29 is 9.13 Å². The molecule has 0 bridgehead atoms. The molecule has 0 unspecified atom stereocenters. The summed E-state index contributed by atoms with van der Waals surface area (Å²) in [7, 11) is 0. The minimum atomic E-state index is -0.472. The maximum absolute atomic E-state index is 13.7. The standard InChI is InChI=1S/C14H12Cl2FNO/c15-11-4-2-6-13(10(11)7-18)19-8-9-3-1-5-12(16)14(9)17/h1-6H,7-8,18H2. The van der Waals surface area contributed by atoms with Crippen LogP contribution < -0.4 is 10.5 Å². The lowest BCUT2D eigenvalue weighted by Crippen LogP contribution is -2.04. The summed E-state index contributed by atoms with van der Waals surface area (Å²) in [5, 5.41) is 0.609. The molecule has 0 fully saturated rings. The van der Waals surface area contributed by atoms with Crippen molar-refractivity contribution >= 4 is 23.2 Å². The number of ether oxygens (including phenoxy) is 1. The topological polar surface area (TPSA) is 35.2 Å². The summed E-state index contributed by atoms with van der Waals surface area (Å²) in [5.41, 5.74) is 6.70. The van der Waals surface area contributed by atoms with Crippen molar-refractivity contribution in [3.8, 4) is 5.75 Å². The van der Waals surface area contributed by atoms with Crippen LogP contribution in [0.1, 0.15) is 11.1 Å².